The number of aliphatic hydroxyl groups is 2. The van der Waals surface area contributed by atoms with Gasteiger partial charge in [0.15, 0.2) is 0 Å². The van der Waals surface area contributed by atoms with E-state index in [4.69, 9.17) is 19.7 Å². The second-order valence-electron chi connectivity index (χ2n) is 3.05. The second kappa shape index (κ2) is 6.27. The zero-order valence-corrected chi connectivity index (χ0v) is 8.72. The molecular formula is C11H16O4. The Bertz CT molecular complexity index is 270. The van der Waals surface area contributed by atoms with Gasteiger partial charge in [-0.25, -0.2) is 0 Å². The summed E-state index contributed by atoms with van der Waals surface area (Å²) in [6.07, 6.45) is -0.837. The molecule has 0 radical (unpaired) electrons. The second-order valence-corrected chi connectivity index (χ2v) is 3.05. The molecule has 15 heavy (non-hydrogen) atoms. The van der Waals surface area contributed by atoms with Crippen molar-refractivity contribution in [3.8, 4) is 11.5 Å². The van der Waals surface area contributed by atoms with Crippen LogP contribution in [0.2, 0.25) is 0 Å². The number of aliphatic hydroxyl groups excluding tert-OH is 2. The van der Waals surface area contributed by atoms with Gasteiger partial charge < -0.3 is 19.7 Å². The Morgan fingerprint density at radius 1 is 1.13 bits per heavy atom. The monoisotopic (exact) mass is 212 g/mol. The molecule has 84 valence electrons. The highest BCUT2D eigenvalue weighted by molar-refractivity contribution is 5.31. The Labute approximate surface area is 89.1 Å². The van der Waals surface area contributed by atoms with E-state index in [0.29, 0.717) is 12.4 Å². The summed E-state index contributed by atoms with van der Waals surface area (Å²) in [6.45, 7) is 2.34. The van der Waals surface area contributed by atoms with Crippen LogP contribution in [0, 0.1) is 0 Å². The van der Waals surface area contributed by atoms with Crippen molar-refractivity contribution in [2.45, 2.75) is 13.0 Å². The Morgan fingerprint density at radius 3 is 2.13 bits per heavy atom. The summed E-state index contributed by atoms with van der Waals surface area (Å²) in [5.74, 6) is 1.43. The molecule has 4 heteroatoms. The third-order valence-electron chi connectivity index (χ3n) is 1.79. The van der Waals surface area contributed by atoms with Crippen molar-refractivity contribution in [1.29, 1.82) is 0 Å². The number of hydrogen-bond acceptors (Lipinski definition) is 4. The molecule has 0 unspecified atom stereocenters. The first-order valence-corrected chi connectivity index (χ1v) is 4.90. The third kappa shape index (κ3) is 4.18. The van der Waals surface area contributed by atoms with Gasteiger partial charge in [-0.05, 0) is 31.2 Å². The lowest BCUT2D eigenvalue weighted by molar-refractivity contribution is 0.0536. The number of rotatable bonds is 6. The van der Waals surface area contributed by atoms with Crippen LogP contribution in [-0.4, -0.2) is 36.1 Å². The fourth-order valence-electron chi connectivity index (χ4n) is 1.04. The highest BCUT2D eigenvalue weighted by Gasteiger charge is 2.02. The van der Waals surface area contributed by atoms with Crippen LogP contribution in [-0.2, 0) is 0 Å². The SMILES string of the molecule is CCOc1ccc(OC[C@@H](O)CO)cc1. The Hall–Kier alpha value is -1.26. The Morgan fingerprint density at radius 2 is 1.67 bits per heavy atom. The van der Waals surface area contributed by atoms with Crippen LogP contribution in [0.1, 0.15) is 6.92 Å². The average molecular weight is 212 g/mol. The highest BCUT2D eigenvalue weighted by Crippen LogP contribution is 2.17. The third-order valence-corrected chi connectivity index (χ3v) is 1.79. The van der Waals surface area contributed by atoms with Crippen molar-refractivity contribution in [3.05, 3.63) is 24.3 Å². The maximum Gasteiger partial charge on any atom is 0.119 e. The minimum atomic E-state index is -0.837. The molecule has 0 heterocycles. The maximum atomic E-state index is 9.06. The molecule has 0 saturated carbocycles. The summed E-state index contributed by atoms with van der Waals surface area (Å²) in [7, 11) is 0. The van der Waals surface area contributed by atoms with Crippen LogP contribution in [0.25, 0.3) is 0 Å². The van der Waals surface area contributed by atoms with Crippen LogP contribution in [0.5, 0.6) is 11.5 Å². The van der Waals surface area contributed by atoms with Crippen molar-refractivity contribution in [3.63, 3.8) is 0 Å². The van der Waals surface area contributed by atoms with Crippen LogP contribution in [0.4, 0.5) is 0 Å². The zero-order valence-electron chi connectivity index (χ0n) is 8.72. The van der Waals surface area contributed by atoms with E-state index in [1.54, 1.807) is 24.3 Å². The molecule has 4 nitrogen and oxygen atoms in total. The molecule has 0 saturated heterocycles. The molecule has 2 N–H and O–H groups in total. The number of hydrogen-bond donors (Lipinski definition) is 2. The van der Waals surface area contributed by atoms with E-state index in [1.807, 2.05) is 6.92 Å². The molecule has 1 aromatic carbocycles. The van der Waals surface area contributed by atoms with Crippen LogP contribution >= 0.6 is 0 Å². The van der Waals surface area contributed by atoms with Gasteiger partial charge in [-0.3, -0.25) is 0 Å². The lowest BCUT2D eigenvalue weighted by Gasteiger charge is -2.10. The molecular weight excluding hydrogens is 196 g/mol. The summed E-state index contributed by atoms with van der Waals surface area (Å²) in [5.41, 5.74) is 0. The first-order chi connectivity index (χ1) is 7.26. The summed E-state index contributed by atoms with van der Waals surface area (Å²) < 4.78 is 10.5. The van der Waals surface area contributed by atoms with Crippen molar-refractivity contribution in [1.82, 2.24) is 0 Å². The maximum absolute atomic E-state index is 9.06. The molecule has 0 aliphatic rings. The van der Waals surface area contributed by atoms with E-state index in [9.17, 15) is 0 Å². The Kier molecular flexibility index (Phi) is 4.93. The Balaban J connectivity index is 2.42. The smallest absolute Gasteiger partial charge is 0.119 e. The molecule has 0 amide bonds. The zero-order chi connectivity index (χ0) is 11.1. The van der Waals surface area contributed by atoms with E-state index in [0.717, 1.165) is 5.75 Å². The van der Waals surface area contributed by atoms with Gasteiger partial charge in [0, 0.05) is 0 Å². The molecule has 0 bridgehead atoms. The minimum Gasteiger partial charge on any atom is -0.494 e. The van der Waals surface area contributed by atoms with E-state index < -0.39 is 6.10 Å². The van der Waals surface area contributed by atoms with Crippen molar-refractivity contribution >= 4 is 0 Å². The first-order valence-electron chi connectivity index (χ1n) is 4.90. The summed E-state index contributed by atoms with van der Waals surface area (Å²) in [4.78, 5) is 0. The van der Waals surface area contributed by atoms with Crippen molar-refractivity contribution in [2.75, 3.05) is 19.8 Å². The molecule has 1 atom stereocenters. The van der Waals surface area contributed by atoms with E-state index in [1.165, 1.54) is 0 Å². The highest BCUT2D eigenvalue weighted by atomic mass is 16.5. The van der Waals surface area contributed by atoms with Gasteiger partial charge >= 0.3 is 0 Å². The van der Waals surface area contributed by atoms with Crippen molar-refractivity contribution in [2.24, 2.45) is 0 Å². The van der Waals surface area contributed by atoms with Gasteiger partial charge in [-0.1, -0.05) is 0 Å². The standard InChI is InChI=1S/C11H16O4/c1-2-14-10-3-5-11(6-4-10)15-8-9(13)7-12/h3-6,9,12-13H,2,7-8H2,1H3/t9-/m0/s1. The quantitative estimate of drug-likeness (QED) is 0.733. The van der Waals surface area contributed by atoms with E-state index in [-0.39, 0.29) is 13.2 Å². The fourth-order valence-corrected chi connectivity index (χ4v) is 1.04. The van der Waals surface area contributed by atoms with Gasteiger partial charge in [0.1, 0.15) is 24.2 Å². The van der Waals surface area contributed by atoms with Gasteiger partial charge in [0.05, 0.1) is 13.2 Å². The van der Waals surface area contributed by atoms with Gasteiger partial charge in [0.25, 0.3) is 0 Å². The normalized spacial score (nSPS) is 12.2. The molecule has 0 aromatic heterocycles. The van der Waals surface area contributed by atoms with Gasteiger partial charge in [0.2, 0.25) is 0 Å². The molecule has 1 rings (SSSR count). The lowest BCUT2D eigenvalue weighted by Crippen LogP contribution is -2.21. The van der Waals surface area contributed by atoms with E-state index in [2.05, 4.69) is 0 Å². The van der Waals surface area contributed by atoms with Gasteiger partial charge in [-0.2, -0.15) is 0 Å². The molecule has 1 aromatic rings. The van der Waals surface area contributed by atoms with Crippen LogP contribution < -0.4 is 9.47 Å². The topological polar surface area (TPSA) is 58.9 Å². The summed E-state index contributed by atoms with van der Waals surface area (Å²) in [6, 6.07) is 7.11. The van der Waals surface area contributed by atoms with Crippen LogP contribution in [0.15, 0.2) is 24.3 Å². The summed E-state index contributed by atoms with van der Waals surface area (Å²) >= 11 is 0. The molecule has 0 fully saturated rings. The van der Waals surface area contributed by atoms with Crippen LogP contribution in [0.3, 0.4) is 0 Å². The number of ether oxygens (including phenoxy) is 2. The number of benzene rings is 1. The fraction of sp³-hybridized carbons (Fsp3) is 0.455. The minimum absolute atomic E-state index is 0.0878. The largest absolute Gasteiger partial charge is 0.494 e. The summed E-state index contributed by atoms with van der Waals surface area (Å²) in [5, 5.41) is 17.6. The molecule has 0 aliphatic heterocycles. The molecule has 0 aliphatic carbocycles. The van der Waals surface area contributed by atoms with Crippen molar-refractivity contribution < 1.29 is 19.7 Å². The predicted octanol–water partition coefficient (Wildman–Crippen LogP) is 0.817. The predicted molar refractivity (Wildman–Crippen MR) is 56.2 cm³/mol. The van der Waals surface area contributed by atoms with Gasteiger partial charge in [-0.15, -0.1) is 0 Å². The lowest BCUT2D eigenvalue weighted by atomic mass is 10.3. The first kappa shape index (κ1) is 11.8. The molecule has 0 spiro atoms. The van der Waals surface area contributed by atoms with E-state index >= 15 is 0 Å². The average Bonchev–Trinajstić information content (AvgIpc) is 2.28.